The van der Waals surface area contributed by atoms with Crippen LogP contribution in [0.15, 0.2) is 30.5 Å². The van der Waals surface area contributed by atoms with Crippen molar-refractivity contribution in [2.75, 3.05) is 18.1 Å². The monoisotopic (exact) mass is 244 g/mol. The summed E-state index contributed by atoms with van der Waals surface area (Å²) in [7, 11) is 1.61. The highest BCUT2D eigenvalue weighted by atomic mass is 16.2. The first-order valence-corrected chi connectivity index (χ1v) is 5.75. The van der Waals surface area contributed by atoms with Crippen molar-refractivity contribution in [1.82, 2.24) is 10.3 Å². The summed E-state index contributed by atoms with van der Waals surface area (Å²) in [5.74, 6) is -0.0877. The number of fused-ring (bicyclic) bond motifs is 1. The first-order valence-electron chi connectivity index (χ1n) is 5.75. The van der Waals surface area contributed by atoms with Gasteiger partial charge in [0.1, 0.15) is 6.04 Å². The Morgan fingerprint density at radius 3 is 2.83 bits per heavy atom. The van der Waals surface area contributed by atoms with Gasteiger partial charge in [-0.3, -0.25) is 9.78 Å². The van der Waals surface area contributed by atoms with Gasteiger partial charge in [-0.05, 0) is 13.0 Å². The number of anilines is 2. The Balaban J connectivity index is 2.43. The molecule has 1 atom stereocenters. The lowest BCUT2D eigenvalue weighted by Gasteiger charge is -2.17. The largest absolute Gasteiger partial charge is 0.396 e. The van der Waals surface area contributed by atoms with Crippen molar-refractivity contribution in [3.8, 4) is 0 Å². The molecule has 1 aromatic heterocycles. The Morgan fingerprint density at radius 2 is 2.11 bits per heavy atom. The average Bonchev–Trinajstić information content (AvgIpc) is 2.41. The number of nitrogens with two attached hydrogens (primary N) is 1. The van der Waals surface area contributed by atoms with Crippen molar-refractivity contribution in [3.63, 3.8) is 0 Å². The van der Waals surface area contributed by atoms with E-state index >= 15 is 0 Å². The number of hydrogen-bond acceptors (Lipinski definition) is 4. The second-order valence-corrected chi connectivity index (χ2v) is 4.09. The molecule has 0 aliphatic carbocycles. The predicted molar refractivity (Wildman–Crippen MR) is 73.3 cm³/mol. The molecule has 18 heavy (non-hydrogen) atoms. The fourth-order valence-corrected chi connectivity index (χ4v) is 1.82. The lowest BCUT2D eigenvalue weighted by atomic mass is 10.1. The Hall–Kier alpha value is -2.30. The highest BCUT2D eigenvalue weighted by Gasteiger charge is 2.14. The van der Waals surface area contributed by atoms with Crippen LogP contribution in [0.2, 0.25) is 0 Å². The van der Waals surface area contributed by atoms with Crippen LogP contribution in [0.3, 0.4) is 0 Å². The number of nitrogens with zero attached hydrogens (tertiary/aromatic N) is 1. The zero-order chi connectivity index (χ0) is 13.1. The molecule has 2 rings (SSSR count). The number of amides is 1. The third kappa shape index (κ3) is 2.20. The number of likely N-dealkylation sites (N-methyl/N-ethyl adjacent to an activating group) is 1. The van der Waals surface area contributed by atoms with E-state index in [4.69, 9.17) is 5.73 Å². The van der Waals surface area contributed by atoms with Gasteiger partial charge >= 0.3 is 0 Å². The number of carbonyl (C=O) groups excluding carboxylic acids is 1. The topological polar surface area (TPSA) is 80.0 Å². The van der Waals surface area contributed by atoms with Gasteiger partial charge in [0.15, 0.2) is 0 Å². The second kappa shape index (κ2) is 4.91. The quantitative estimate of drug-likeness (QED) is 0.761. The van der Waals surface area contributed by atoms with Crippen LogP contribution < -0.4 is 16.4 Å². The maximum Gasteiger partial charge on any atom is 0.241 e. The molecule has 1 amide bonds. The van der Waals surface area contributed by atoms with E-state index in [9.17, 15) is 4.79 Å². The molecule has 2 aromatic rings. The number of pyridine rings is 1. The van der Waals surface area contributed by atoms with Crippen LogP contribution in [-0.2, 0) is 4.79 Å². The smallest absolute Gasteiger partial charge is 0.241 e. The summed E-state index contributed by atoms with van der Waals surface area (Å²) in [6.07, 6.45) is 1.60. The summed E-state index contributed by atoms with van der Waals surface area (Å²) in [5.41, 5.74) is 8.04. The molecule has 94 valence electrons. The summed E-state index contributed by atoms with van der Waals surface area (Å²) in [4.78, 5) is 15.8. The molecule has 0 saturated heterocycles. The summed E-state index contributed by atoms with van der Waals surface area (Å²) < 4.78 is 0. The zero-order valence-electron chi connectivity index (χ0n) is 10.4. The second-order valence-electron chi connectivity index (χ2n) is 4.09. The first kappa shape index (κ1) is 12.2. The SMILES string of the molecule is CNC(=O)C(C)Nc1c(N)cnc2ccccc12. The van der Waals surface area contributed by atoms with Gasteiger partial charge < -0.3 is 16.4 Å². The number of carbonyl (C=O) groups is 1. The number of nitrogen functional groups attached to an aromatic ring is 1. The van der Waals surface area contributed by atoms with Crippen LogP contribution in [0.5, 0.6) is 0 Å². The molecule has 0 bridgehead atoms. The zero-order valence-corrected chi connectivity index (χ0v) is 10.4. The fourth-order valence-electron chi connectivity index (χ4n) is 1.82. The molecule has 0 saturated carbocycles. The normalized spacial score (nSPS) is 12.1. The van der Waals surface area contributed by atoms with Crippen LogP contribution in [0.4, 0.5) is 11.4 Å². The highest BCUT2D eigenvalue weighted by Crippen LogP contribution is 2.27. The summed E-state index contributed by atoms with van der Waals surface area (Å²) in [6.45, 7) is 1.79. The van der Waals surface area contributed by atoms with Crippen molar-refractivity contribution in [3.05, 3.63) is 30.5 Å². The lowest BCUT2D eigenvalue weighted by Crippen LogP contribution is -2.35. The van der Waals surface area contributed by atoms with Gasteiger partial charge in [0.2, 0.25) is 5.91 Å². The fraction of sp³-hybridized carbons (Fsp3) is 0.231. The van der Waals surface area contributed by atoms with Crippen molar-refractivity contribution < 1.29 is 4.79 Å². The minimum atomic E-state index is -0.358. The van der Waals surface area contributed by atoms with Gasteiger partial charge in [0.05, 0.1) is 23.1 Å². The van der Waals surface area contributed by atoms with Crippen LogP contribution >= 0.6 is 0 Å². The van der Waals surface area contributed by atoms with Crippen molar-refractivity contribution in [1.29, 1.82) is 0 Å². The van der Waals surface area contributed by atoms with Gasteiger partial charge in [0.25, 0.3) is 0 Å². The predicted octanol–water partition coefficient (Wildman–Crippen LogP) is 1.36. The third-order valence-electron chi connectivity index (χ3n) is 2.81. The Morgan fingerprint density at radius 1 is 1.39 bits per heavy atom. The molecule has 0 aliphatic heterocycles. The van der Waals surface area contributed by atoms with Crippen molar-refractivity contribution in [2.45, 2.75) is 13.0 Å². The van der Waals surface area contributed by atoms with Gasteiger partial charge in [-0.2, -0.15) is 0 Å². The van der Waals surface area contributed by atoms with E-state index in [1.165, 1.54) is 0 Å². The molecule has 1 unspecified atom stereocenters. The number of nitrogens with one attached hydrogen (secondary N) is 2. The number of hydrogen-bond donors (Lipinski definition) is 3. The molecule has 0 spiro atoms. The molecule has 5 nitrogen and oxygen atoms in total. The summed E-state index contributed by atoms with van der Waals surface area (Å²) in [6, 6.07) is 7.31. The molecular formula is C13H16N4O. The van der Waals surface area contributed by atoms with E-state index in [0.29, 0.717) is 5.69 Å². The molecule has 0 fully saturated rings. The van der Waals surface area contributed by atoms with Crippen LogP contribution in [0.25, 0.3) is 10.9 Å². The minimum absolute atomic E-state index is 0.0877. The van der Waals surface area contributed by atoms with E-state index in [-0.39, 0.29) is 11.9 Å². The van der Waals surface area contributed by atoms with E-state index in [1.54, 1.807) is 20.2 Å². The molecule has 0 aliphatic rings. The van der Waals surface area contributed by atoms with E-state index in [2.05, 4.69) is 15.6 Å². The molecular weight excluding hydrogens is 228 g/mol. The first-order chi connectivity index (χ1) is 8.63. The molecule has 5 heteroatoms. The Kier molecular flexibility index (Phi) is 3.32. The maximum atomic E-state index is 11.5. The average molecular weight is 244 g/mol. The van der Waals surface area contributed by atoms with Crippen LogP contribution in [0, 0.1) is 0 Å². The van der Waals surface area contributed by atoms with Crippen molar-refractivity contribution in [2.24, 2.45) is 0 Å². The third-order valence-corrected chi connectivity index (χ3v) is 2.81. The highest BCUT2D eigenvalue weighted by molar-refractivity contribution is 5.98. The van der Waals surface area contributed by atoms with Crippen LogP contribution in [-0.4, -0.2) is 24.0 Å². The molecule has 1 heterocycles. The summed E-state index contributed by atoms with van der Waals surface area (Å²) in [5, 5.41) is 6.63. The van der Waals surface area contributed by atoms with Gasteiger partial charge in [0, 0.05) is 12.4 Å². The van der Waals surface area contributed by atoms with Gasteiger partial charge in [-0.25, -0.2) is 0 Å². The Bertz CT molecular complexity index is 582. The number of aromatic nitrogens is 1. The maximum absolute atomic E-state index is 11.5. The van der Waals surface area contributed by atoms with Crippen LogP contribution in [0.1, 0.15) is 6.92 Å². The number of benzene rings is 1. The van der Waals surface area contributed by atoms with Gasteiger partial charge in [-0.15, -0.1) is 0 Å². The molecule has 0 radical (unpaired) electrons. The van der Waals surface area contributed by atoms with Crippen molar-refractivity contribution >= 4 is 28.2 Å². The van der Waals surface area contributed by atoms with E-state index in [0.717, 1.165) is 16.6 Å². The number of para-hydroxylation sites is 1. The lowest BCUT2D eigenvalue weighted by molar-refractivity contribution is -0.121. The van der Waals surface area contributed by atoms with E-state index in [1.807, 2.05) is 24.3 Å². The van der Waals surface area contributed by atoms with E-state index < -0.39 is 0 Å². The summed E-state index contributed by atoms with van der Waals surface area (Å²) >= 11 is 0. The molecule has 1 aromatic carbocycles. The minimum Gasteiger partial charge on any atom is -0.396 e. The number of rotatable bonds is 3. The molecule has 4 N–H and O–H groups in total. The van der Waals surface area contributed by atoms with Gasteiger partial charge in [-0.1, -0.05) is 18.2 Å². The standard InChI is InChI=1S/C13H16N4O/c1-8(13(18)15-2)17-12-9-5-3-4-6-11(9)16-7-10(12)14/h3-8H,14H2,1-2H3,(H,15,18)(H,16,17). The Labute approximate surface area is 105 Å².